The van der Waals surface area contributed by atoms with Gasteiger partial charge in [0.2, 0.25) is 0 Å². The van der Waals surface area contributed by atoms with Gasteiger partial charge >= 0.3 is 19.5 Å². The van der Waals surface area contributed by atoms with E-state index in [0.717, 1.165) is 11.5 Å². The van der Waals surface area contributed by atoms with Crippen molar-refractivity contribution in [1.82, 2.24) is 0 Å². The van der Waals surface area contributed by atoms with Gasteiger partial charge in [-0.15, -0.1) is 0 Å². The second-order valence-corrected chi connectivity index (χ2v) is 1.82. The number of hydrogen-bond acceptors (Lipinski definition) is 6. The second kappa shape index (κ2) is 14.5. The number of rotatable bonds is 2. The summed E-state index contributed by atoms with van der Waals surface area (Å²) in [5.41, 5.74) is 0. The minimum Gasteiger partial charge on any atom is -0.491 e. The molecule has 0 spiro atoms. The minimum absolute atomic E-state index is 0. The Kier molecular flexibility index (Phi) is 20.9. The summed E-state index contributed by atoms with van der Waals surface area (Å²) in [6, 6.07) is 0. The predicted molar refractivity (Wildman–Crippen MR) is 50.6 cm³/mol. The van der Waals surface area contributed by atoms with Crippen molar-refractivity contribution in [2.75, 3.05) is 14.2 Å². The smallest absolute Gasteiger partial charge is 0.491 e. The average Bonchev–Trinajstić information content (AvgIpc) is 2.16. The van der Waals surface area contributed by atoms with Crippen molar-refractivity contribution < 1.29 is 38.5 Å². The van der Waals surface area contributed by atoms with Crippen LogP contribution in [0.4, 0.5) is 0 Å². The molecule has 0 rings (SSSR count). The zero-order valence-corrected chi connectivity index (χ0v) is 12.1. The van der Waals surface area contributed by atoms with Crippen LogP contribution >= 0.6 is 25.3 Å². The number of hydrogen-bond donors (Lipinski definition) is 2. The Morgan fingerprint density at radius 2 is 1.23 bits per heavy atom. The monoisotopic (exact) mass is 274 g/mol. The number of methoxy groups -OCH3 is 2. The summed E-state index contributed by atoms with van der Waals surface area (Å²) >= 11 is 6.99. The van der Waals surface area contributed by atoms with Crippen LogP contribution in [0.2, 0.25) is 0 Å². The third-order valence-electron chi connectivity index (χ3n) is 0.613. The molecular weight excluding hydrogens is 266 g/mol. The van der Waals surface area contributed by atoms with Gasteiger partial charge < -0.3 is 34.7 Å². The van der Waals surface area contributed by atoms with Gasteiger partial charge in [-0.1, -0.05) is 0 Å². The number of carbonyl (C=O) groups excluding carboxylic acids is 2. The molecule has 0 N–H and O–H groups in total. The summed E-state index contributed by atoms with van der Waals surface area (Å²) in [6.07, 6.45) is 0. The van der Waals surface area contributed by atoms with Crippen molar-refractivity contribution in [2.24, 2.45) is 0 Å². The van der Waals surface area contributed by atoms with Gasteiger partial charge in [0.05, 0.1) is 14.2 Å². The summed E-state index contributed by atoms with van der Waals surface area (Å²) in [5, 5.41) is 0. The number of esters is 2. The van der Waals surface area contributed by atoms with Gasteiger partial charge in [-0.3, -0.25) is 9.59 Å². The molecule has 0 saturated heterocycles. The molecule has 0 aliphatic heterocycles. The first-order valence-electron chi connectivity index (χ1n) is 2.73. The van der Waals surface area contributed by atoms with Crippen LogP contribution in [0.25, 0.3) is 0 Å². The number of thiol groups is 2. The van der Waals surface area contributed by atoms with Crippen molar-refractivity contribution in [1.29, 1.82) is 0 Å². The van der Waals surface area contributed by atoms with Gasteiger partial charge in [-0.05, 0) is 0 Å². The van der Waals surface area contributed by atoms with E-state index >= 15 is 0 Å². The fraction of sp³-hybridized carbons (Fsp3) is 0.333. The van der Waals surface area contributed by atoms with Gasteiger partial charge in [-0.25, -0.2) is 11.5 Å². The van der Waals surface area contributed by atoms with E-state index in [1.165, 1.54) is 14.2 Å². The Balaban J connectivity index is -0.000000143. The molecule has 7 heteroatoms. The zero-order valence-electron chi connectivity index (χ0n) is 7.39. The second-order valence-electron chi connectivity index (χ2n) is 1.30. The Bertz CT molecular complexity index is 115. The molecule has 0 atom stereocenters. The van der Waals surface area contributed by atoms with Crippen LogP contribution in [-0.4, -0.2) is 26.2 Å². The minimum atomic E-state index is -0.418. The Labute approximate surface area is 101 Å². The fourth-order valence-corrected chi connectivity index (χ4v) is 0.316. The van der Waals surface area contributed by atoms with Crippen molar-refractivity contribution >= 4 is 37.2 Å². The van der Waals surface area contributed by atoms with Gasteiger partial charge in [0.25, 0.3) is 0 Å². The average molecular weight is 276 g/mol. The number of carbonyl (C=O) groups is 2. The molecule has 0 bridgehead atoms. The van der Waals surface area contributed by atoms with Gasteiger partial charge in [0, 0.05) is 0 Å². The molecule has 0 radical (unpaired) electrons. The third kappa shape index (κ3) is 18.8. The molecule has 0 heterocycles. The quantitative estimate of drug-likeness (QED) is 0.334. The zero-order chi connectivity index (χ0) is 9.98. The van der Waals surface area contributed by atoms with Crippen LogP contribution in [0.5, 0.6) is 0 Å². The molecule has 0 aliphatic rings. The Hall–Kier alpha value is 0.00338. The predicted octanol–water partition coefficient (Wildman–Crippen LogP) is 0.499. The van der Waals surface area contributed by atoms with Gasteiger partial charge in [-0.2, -0.15) is 0 Å². The fourth-order valence-electron chi connectivity index (χ4n) is 0.105. The maximum atomic E-state index is 9.83. The van der Waals surface area contributed by atoms with Crippen LogP contribution < -0.4 is 0 Å². The van der Waals surface area contributed by atoms with Gasteiger partial charge in [0.15, 0.2) is 11.9 Å². The van der Waals surface area contributed by atoms with E-state index in [4.69, 9.17) is 0 Å². The molecule has 0 unspecified atom stereocenters. The summed E-state index contributed by atoms with van der Waals surface area (Å²) in [4.78, 5) is 19.7. The molecule has 4 nitrogen and oxygen atoms in total. The largest absolute Gasteiger partial charge is 2.00 e. The van der Waals surface area contributed by atoms with Crippen LogP contribution in [0.3, 0.4) is 0 Å². The molecule has 0 aromatic rings. The first-order chi connectivity index (χ1) is 5.62. The van der Waals surface area contributed by atoms with E-state index in [1.54, 1.807) is 0 Å². The number of ether oxygens (including phenoxy) is 2. The van der Waals surface area contributed by atoms with E-state index < -0.39 is 11.9 Å². The Morgan fingerprint density at radius 1 is 1.00 bits per heavy atom. The maximum Gasteiger partial charge on any atom is 2.00 e. The molecule has 0 aromatic heterocycles. The normalized spacial score (nSPS) is 6.46. The van der Waals surface area contributed by atoms with Crippen molar-refractivity contribution in [3.05, 3.63) is 11.5 Å². The molecule has 0 saturated carbocycles. The van der Waals surface area contributed by atoms with E-state index in [1.807, 2.05) is 0 Å². The molecule has 0 amide bonds. The van der Waals surface area contributed by atoms with Crippen LogP contribution in [0, 0.1) is 11.5 Å². The molecule has 0 fully saturated rings. The van der Waals surface area contributed by atoms with Crippen molar-refractivity contribution in [3.8, 4) is 0 Å². The summed E-state index contributed by atoms with van der Waals surface area (Å²) in [6.45, 7) is 0. The van der Waals surface area contributed by atoms with E-state index in [9.17, 15) is 9.59 Å². The summed E-state index contributed by atoms with van der Waals surface area (Å²) in [7, 11) is 2.60. The topological polar surface area (TPSA) is 52.6 Å². The van der Waals surface area contributed by atoms with E-state index in [-0.39, 0.29) is 19.5 Å². The van der Waals surface area contributed by atoms with Gasteiger partial charge in [0.1, 0.15) is 0 Å². The van der Waals surface area contributed by atoms with Crippen LogP contribution in [0.1, 0.15) is 0 Å². The first kappa shape index (κ1) is 18.7. The first-order valence-corrected chi connectivity index (χ1v) is 3.76. The van der Waals surface area contributed by atoms with E-state index in [2.05, 4.69) is 34.7 Å². The van der Waals surface area contributed by atoms with Crippen molar-refractivity contribution in [3.63, 3.8) is 0 Å². The summed E-state index contributed by atoms with van der Waals surface area (Å²) < 4.78 is 8.26. The molecule has 0 aromatic carbocycles. The SMILES string of the molecule is COC(=O)[CH-]S.COC(=O)[CH-]S.[Zn+2]. The molecule has 13 heavy (non-hydrogen) atoms. The van der Waals surface area contributed by atoms with Crippen molar-refractivity contribution in [2.45, 2.75) is 0 Å². The van der Waals surface area contributed by atoms with Crippen LogP contribution in [-0.2, 0) is 38.5 Å². The third-order valence-corrected chi connectivity index (χ3v) is 1.03. The molecular formula is C6H10O4S2Zn. The Morgan fingerprint density at radius 3 is 1.23 bits per heavy atom. The summed E-state index contributed by atoms with van der Waals surface area (Å²) in [5.74, 6) is 1.27. The maximum absolute atomic E-state index is 9.83. The standard InChI is InChI=1S/2C3H5O2S.Zn/c2*1-5-3(4)2-6;/h2*2,6H,1H3;/q2*-1;+2. The van der Waals surface area contributed by atoms with E-state index in [0.29, 0.717) is 0 Å². The van der Waals surface area contributed by atoms with Crippen LogP contribution in [0.15, 0.2) is 0 Å². The molecule has 72 valence electrons. The molecule has 0 aliphatic carbocycles.